The van der Waals surface area contributed by atoms with Crippen LogP contribution in [0.25, 0.3) is 0 Å². The summed E-state index contributed by atoms with van der Waals surface area (Å²) in [6.07, 6.45) is 1.12. The molecule has 0 fully saturated rings. The minimum atomic E-state index is -3.22. The van der Waals surface area contributed by atoms with E-state index in [2.05, 4.69) is 10.3 Å². The molecule has 0 aromatic carbocycles. The molecule has 1 aromatic rings. The van der Waals surface area contributed by atoms with Crippen LogP contribution in [-0.4, -0.2) is 67.5 Å². The topological polar surface area (TPSA) is 82.6 Å². The van der Waals surface area contributed by atoms with Crippen molar-refractivity contribution >= 4 is 21.7 Å². The maximum atomic E-state index is 12.5. The highest BCUT2D eigenvalue weighted by Crippen LogP contribution is 2.24. The van der Waals surface area contributed by atoms with Gasteiger partial charge in [0.15, 0.2) is 0 Å². The van der Waals surface area contributed by atoms with Crippen molar-refractivity contribution in [2.75, 3.05) is 38.3 Å². The third-order valence-electron chi connectivity index (χ3n) is 4.24. The number of aromatic nitrogens is 1. The van der Waals surface area contributed by atoms with E-state index in [9.17, 15) is 13.2 Å². The molecule has 0 saturated heterocycles. The number of amides is 1. The predicted molar refractivity (Wildman–Crippen MR) is 99.5 cm³/mol. The molecule has 0 atom stereocenters. The zero-order valence-electron chi connectivity index (χ0n) is 15.7. The number of carbonyl (C=O) groups excluding carboxylic acids is 1. The number of nitrogens with one attached hydrogen (secondary N) is 1. The van der Waals surface area contributed by atoms with E-state index in [1.165, 1.54) is 9.21 Å². The minimum Gasteiger partial charge on any atom is -0.367 e. The van der Waals surface area contributed by atoms with Crippen LogP contribution in [0.2, 0.25) is 0 Å². The van der Waals surface area contributed by atoms with Gasteiger partial charge in [0.2, 0.25) is 10.0 Å². The number of nitrogens with zero attached hydrogens (tertiary/aromatic N) is 3. The molecule has 2 rings (SSSR count). The fourth-order valence-corrected chi connectivity index (χ4v) is 3.97. The van der Waals surface area contributed by atoms with E-state index in [4.69, 9.17) is 0 Å². The second-order valence-corrected chi connectivity index (χ2v) is 9.05. The normalized spacial score (nSPS) is 15.6. The smallest absolute Gasteiger partial charge is 0.257 e. The Hall–Kier alpha value is -1.67. The SMILES string of the molecule is CCS(=O)(=O)N1CCc2cc(C(=O)N(C)C)c(NC(C)C)nc2CC1. The van der Waals surface area contributed by atoms with Crippen molar-refractivity contribution in [3.63, 3.8) is 0 Å². The monoisotopic (exact) mass is 368 g/mol. The summed E-state index contributed by atoms with van der Waals surface area (Å²) in [5, 5.41) is 3.24. The fraction of sp³-hybridized carbons (Fsp3) is 0.647. The van der Waals surface area contributed by atoms with Gasteiger partial charge in [-0.2, -0.15) is 0 Å². The second kappa shape index (κ2) is 7.70. The van der Waals surface area contributed by atoms with Crippen LogP contribution >= 0.6 is 0 Å². The lowest BCUT2D eigenvalue weighted by Crippen LogP contribution is -2.34. The first-order valence-corrected chi connectivity index (χ1v) is 10.3. The molecule has 140 valence electrons. The molecule has 7 nitrogen and oxygen atoms in total. The maximum Gasteiger partial charge on any atom is 0.257 e. The summed E-state index contributed by atoms with van der Waals surface area (Å²) in [7, 11) is 0.205. The highest BCUT2D eigenvalue weighted by molar-refractivity contribution is 7.89. The molecule has 1 aliphatic heterocycles. The lowest BCUT2D eigenvalue weighted by atomic mass is 10.0. The van der Waals surface area contributed by atoms with Crippen LogP contribution in [0.4, 0.5) is 5.82 Å². The minimum absolute atomic E-state index is 0.0985. The van der Waals surface area contributed by atoms with E-state index in [0.29, 0.717) is 37.3 Å². The van der Waals surface area contributed by atoms with E-state index in [-0.39, 0.29) is 17.7 Å². The Morgan fingerprint density at radius 2 is 1.96 bits per heavy atom. The van der Waals surface area contributed by atoms with Crippen LogP contribution < -0.4 is 5.32 Å². The highest BCUT2D eigenvalue weighted by atomic mass is 32.2. The standard InChI is InChI=1S/C17H28N4O3S/c1-6-25(23,24)21-9-7-13-11-14(17(22)20(4)5)16(18-12(2)3)19-15(13)8-10-21/h11-12H,6-10H2,1-5H3,(H,18,19). The lowest BCUT2D eigenvalue weighted by Gasteiger charge is -2.19. The second-order valence-electron chi connectivity index (χ2n) is 6.79. The van der Waals surface area contributed by atoms with Gasteiger partial charge in [-0.1, -0.05) is 0 Å². The molecule has 1 amide bonds. The Morgan fingerprint density at radius 3 is 2.52 bits per heavy atom. The predicted octanol–water partition coefficient (Wildman–Crippen LogP) is 1.35. The van der Waals surface area contributed by atoms with Crippen molar-refractivity contribution in [3.8, 4) is 0 Å². The summed E-state index contributed by atoms with van der Waals surface area (Å²) < 4.78 is 25.9. The Labute approximate surface area is 150 Å². The molecule has 1 N–H and O–H groups in total. The summed E-state index contributed by atoms with van der Waals surface area (Å²) >= 11 is 0. The number of sulfonamides is 1. The van der Waals surface area contributed by atoms with E-state index < -0.39 is 10.0 Å². The first kappa shape index (κ1) is 19.7. The Kier molecular flexibility index (Phi) is 6.05. The fourth-order valence-electron chi connectivity index (χ4n) is 2.86. The van der Waals surface area contributed by atoms with E-state index in [1.807, 2.05) is 19.9 Å². The van der Waals surface area contributed by atoms with Gasteiger partial charge >= 0.3 is 0 Å². The number of fused-ring (bicyclic) bond motifs is 1. The lowest BCUT2D eigenvalue weighted by molar-refractivity contribution is 0.0828. The van der Waals surface area contributed by atoms with Crippen LogP contribution in [0.15, 0.2) is 6.07 Å². The molecular weight excluding hydrogens is 340 g/mol. The van der Waals surface area contributed by atoms with Gasteiger partial charge in [0.05, 0.1) is 11.3 Å². The number of pyridine rings is 1. The average Bonchev–Trinajstić information content (AvgIpc) is 2.75. The van der Waals surface area contributed by atoms with Crippen molar-refractivity contribution in [3.05, 3.63) is 22.9 Å². The third-order valence-corrected chi connectivity index (χ3v) is 6.12. The molecule has 0 aliphatic carbocycles. The third kappa shape index (κ3) is 4.49. The maximum absolute atomic E-state index is 12.5. The van der Waals surface area contributed by atoms with E-state index in [1.54, 1.807) is 21.0 Å². The molecule has 1 aromatic heterocycles. The van der Waals surface area contributed by atoms with Gasteiger partial charge in [-0.25, -0.2) is 17.7 Å². The van der Waals surface area contributed by atoms with Gasteiger partial charge in [0, 0.05) is 45.3 Å². The van der Waals surface area contributed by atoms with Crippen molar-refractivity contribution in [1.29, 1.82) is 0 Å². The van der Waals surface area contributed by atoms with E-state index >= 15 is 0 Å². The van der Waals surface area contributed by atoms with Crippen molar-refractivity contribution in [2.24, 2.45) is 0 Å². The molecule has 0 saturated carbocycles. The summed E-state index contributed by atoms with van der Waals surface area (Å²) in [6.45, 7) is 6.50. The van der Waals surface area contributed by atoms with Crippen LogP contribution in [0.3, 0.4) is 0 Å². The van der Waals surface area contributed by atoms with Gasteiger partial charge in [-0.05, 0) is 38.8 Å². The summed E-state index contributed by atoms with van der Waals surface area (Å²) in [6, 6.07) is 2.01. The molecule has 0 radical (unpaired) electrons. The number of rotatable bonds is 5. The molecular formula is C17H28N4O3S. The zero-order valence-corrected chi connectivity index (χ0v) is 16.5. The number of hydrogen-bond acceptors (Lipinski definition) is 5. The van der Waals surface area contributed by atoms with Gasteiger partial charge in [0.1, 0.15) is 5.82 Å². The number of carbonyl (C=O) groups is 1. The molecule has 25 heavy (non-hydrogen) atoms. The first-order valence-electron chi connectivity index (χ1n) is 8.64. The van der Waals surface area contributed by atoms with Gasteiger partial charge < -0.3 is 10.2 Å². The van der Waals surface area contributed by atoms with E-state index in [0.717, 1.165) is 11.3 Å². The van der Waals surface area contributed by atoms with Crippen molar-refractivity contribution < 1.29 is 13.2 Å². The zero-order chi connectivity index (χ0) is 18.8. The number of anilines is 1. The van der Waals surface area contributed by atoms with Crippen LogP contribution in [0, 0.1) is 0 Å². The number of hydrogen-bond donors (Lipinski definition) is 1. The van der Waals surface area contributed by atoms with Gasteiger partial charge in [-0.15, -0.1) is 0 Å². The van der Waals surface area contributed by atoms with Gasteiger partial charge in [0.25, 0.3) is 5.91 Å². The molecule has 1 aliphatic rings. The molecule has 0 unspecified atom stereocenters. The molecule has 0 spiro atoms. The highest BCUT2D eigenvalue weighted by Gasteiger charge is 2.26. The summed E-state index contributed by atoms with van der Waals surface area (Å²) in [5.41, 5.74) is 2.35. The largest absolute Gasteiger partial charge is 0.367 e. The Morgan fingerprint density at radius 1 is 1.32 bits per heavy atom. The molecule has 2 heterocycles. The molecule has 0 bridgehead atoms. The van der Waals surface area contributed by atoms with Crippen LogP contribution in [-0.2, 0) is 22.9 Å². The van der Waals surface area contributed by atoms with Crippen molar-refractivity contribution in [2.45, 2.75) is 39.7 Å². The quantitative estimate of drug-likeness (QED) is 0.848. The average molecular weight is 369 g/mol. The van der Waals surface area contributed by atoms with Gasteiger partial charge in [-0.3, -0.25) is 4.79 Å². The van der Waals surface area contributed by atoms with Crippen LogP contribution in [0.5, 0.6) is 0 Å². The van der Waals surface area contributed by atoms with Crippen molar-refractivity contribution in [1.82, 2.24) is 14.2 Å². The summed E-state index contributed by atoms with van der Waals surface area (Å²) in [5.74, 6) is 0.557. The Bertz CT molecular complexity index is 745. The van der Waals surface area contributed by atoms with Crippen LogP contribution in [0.1, 0.15) is 42.4 Å². The first-order chi connectivity index (χ1) is 11.7. The Balaban J connectivity index is 2.41. The molecule has 8 heteroatoms. The summed E-state index contributed by atoms with van der Waals surface area (Å²) in [4.78, 5) is 18.7.